The molecule has 120 valence electrons. The van der Waals surface area contributed by atoms with Crippen LogP contribution in [0.1, 0.15) is 13.3 Å². The highest BCUT2D eigenvalue weighted by Gasteiger charge is 2.19. The molecule has 0 saturated carbocycles. The number of rotatable bonds is 11. The minimum Gasteiger partial charge on any atom is -0.383 e. The Morgan fingerprint density at radius 1 is 1.29 bits per heavy atom. The average molecular weight is 317 g/mol. The zero-order valence-corrected chi connectivity index (χ0v) is 13.3. The van der Waals surface area contributed by atoms with E-state index in [1.807, 2.05) is 6.92 Å². The van der Waals surface area contributed by atoms with Crippen molar-refractivity contribution >= 4 is 15.7 Å². The molecular weight excluding hydrogens is 294 g/mol. The van der Waals surface area contributed by atoms with E-state index in [-0.39, 0.29) is 5.03 Å². The van der Waals surface area contributed by atoms with Crippen LogP contribution < -0.4 is 10.0 Å². The Morgan fingerprint density at radius 2 is 2.10 bits per heavy atom. The minimum absolute atomic E-state index is 0.0205. The molecule has 0 atom stereocenters. The lowest BCUT2D eigenvalue weighted by atomic mass is 10.4. The fourth-order valence-electron chi connectivity index (χ4n) is 1.62. The Kier molecular flexibility index (Phi) is 8.21. The molecule has 21 heavy (non-hydrogen) atoms. The maximum atomic E-state index is 12.2. The maximum Gasteiger partial charge on any atom is 0.260 e. The summed E-state index contributed by atoms with van der Waals surface area (Å²) in [5.74, 6) is 0. The van der Waals surface area contributed by atoms with E-state index in [1.54, 1.807) is 19.2 Å². The van der Waals surface area contributed by atoms with Gasteiger partial charge in [-0.2, -0.15) is 0 Å². The number of anilines is 1. The van der Waals surface area contributed by atoms with Crippen molar-refractivity contribution in [2.75, 3.05) is 45.3 Å². The number of pyridine rings is 1. The lowest BCUT2D eigenvalue weighted by Gasteiger charge is -2.11. The second-order valence-corrected chi connectivity index (χ2v) is 5.93. The van der Waals surface area contributed by atoms with Crippen LogP contribution in [0.5, 0.6) is 0 Å². The van der Waals surface area contributed by atoms with Crippen molar-refractivity contribution in [3.8, 4) is 0 Å². The van der Waals surface area contributed by atoms with Crippen molar-refractivity contribution in [2.45, 2.75) is 18.4 Å². The molecule has 0 radical (unpaired) electrons. The lowest BCUT2D eigenvalue weighted by molar-refractivity contribution is 0.0699. The molecule has 1 rings (SSSR count). The van der Waals surface area contributed by atoms with Gasteiger partial charge >= 0.3 is 0 Å². The summed E-state index contributed by atoms with van der Waals surface area (Å²) in [6, 6.07) is 3.39. The van der Waals surface area contributed by atoms with Crippen molar-refractivity contribution in [1.82, 2.24) is 9.71 Å². The van der Waals surface area contributed by atoms with Crippen LogP contribution in [-0.2, 0) is 19.5 Å². The molecule has 0 bridgehead atoms. The Morgan fingerprint density at radius 3 is 2.81 bits per heavy atom. The number of aromatic nitrogens is 1. The topological polar surface area (TPSA) is 89.6 Å². The lowest BCUT2D eigenvalue weighted by Crippen LogP contribution is -2.27. The van der Waals surface area contributed by atoms with Crippen LogP contribution >= 0.6 is 0 Å². The monoisotopic (exact) mass is 317 g/mol. The zero-order valence-electron chi connectivity index (χ0n) is 12.5. The fourth-order valence-corrected chi connectivity index (χ4v) is 2.80. The highest BCUT2D eigenvalue weighted by Crippen LogP contribution is 2.17. The summed E-state index contributed by atoms with van der Waals surface area (Å²) < 4.78 is 37.0. The van der Waals surface area contributed by atoms with Crippen molar-refractivity contribution < 1.29 is 17.9 Å². The van der Waals surface area contributed by atoms with Crippen LogP contribution in [0.25, 0.3) is 0 Å². The molecule has 0 saturated heterocycles. The first-order chi connectivity index (χ1) is 10.1. The SMILES string of the molecule is CCNc1cccnc1S(=O)(=O)NCCCOCCOC. The summed E-state index contributed by atoms with van der Waals surface area (Å²) in [6.45, 7) is 4.35. The van der Waals surface area contributed by atoms with Gasteiger partial charge in [0, 0.05) is 33.0 Å². The third-order valence-electron chi connectivity index (χ3n) is 2.58. The van der Waals surface area contributed by atoms with Gasteiger partial charge in [0.25, 0.3) is 10.0 Å². The Labute approximate surface area is 126 Å². The van der Waals surface area contributed by atoms with Gasteiger partial charge in [-0.15, -0.1) is 0 Å². The number of nitrogens with one attached hydrogen (secondary N) is 2. The molecule has 1 heterocycles. The van der Waals surface area contributed by atoms with Gasteiger partial charge in [0.05, 0.1) is 18.9 Å². The van der Waals surface area contributed by atoms with E-state index >= 15 is 0 Å². The summed E-state index contributed by atoms with van der Waals surface area (Å²) in [5.41, 5.74) is 0.504. The van der Waals surface area contributed by atoms with Crippen molar-refractivity contribution in [2.24, 2.45) is 0 Å². The van der Waals surface area contributed by atoms with Gasteiger partial charge in [-0.25, -0.2) is 18.1 Å². The van der Waals surface area contributed by atoms with Crippen LogP contribution in [-0.4, -0.2) is 53.4 Å². The second-order valence-electron chi connectivity index (χ2n) is 4.24. The van der Waals surface area contributed by atoms with Gasteiger partial charge < -0.3 is 14.8 Å². The normalized spacial score (nSPS) is 11.5. The Bertz CT molecular complexity index is 508. The Hall–Kier alpha value is -1.22. The minimum atomic E-state index is -3.61. The molecule has 2 N–H and O–H groups in total. The quantitative estimate of drug-likeness (QED) is 0.588. The number of sulfonamides is 1. The standard InChI is InChI=1S/C13H23N3O4S/c1-3-14-12-6-4-7-15-13(12)21(17,18)16-8-5-9-20-11-10-19-2/h4,6-7,14,16H,3,5,8-11H2,1-2H3. The van der Waals surface area contributed by atoms with Crippen molar-refractivity contribution in [1.29, 1.82) is 0 Å². The predicted octanol–water partition coefficient (Wildman–Crippen LogP) is 0.845. The third kappa shape index (κ3) is 6.38. The number of hydrogen-bond acceptors (Lipinski definition) is 6. The first-order valence-electron chi connectivity index (χ1n) is 6.87. The number of nitrogens with zero attached hydrogens (tertiary/aromatic N) is 1. The first-order valence-corrected chi connectivity index (χ1v) is 8.35. The van der Waals surface area contributed by atoms with E-state index in [1.165, 1.54) is 6.20 Å². The molecule has 0 aliphatic rings. The summed E-state index contributed by atoms with van der Waals surface area (Å²) >= 11 is 0. The highest BCUT2D eigenvalue weighted by molar-refractivity contribution is 7.89. The van der Waals surface area contributed by atoms with Gasteiger partial charge in [-0.3, -0.25) is 0 Å². The van der Waals surface area contributed by atoms with Gasteiger partial charge in [0.2, 0.25) is 0 Å². The largest absolute Gasteiger partial charge is 0.383 e. The molecule has 0 aliphatic carbocycles. The van der Waals surface area contributed by atoms with E-state index in [0.29, 0.717) is 45.0 Å². The molecule has 0 aliphatic heterocycles. The molecular formula is C13H23N3O4S. The van der Waals surface area contributed by atoms with E-state index in [0.717, 1.165) is 0 Å². The van der Waals surface area contributed by atoms with Gasteiger partial charge in [0.15, 0.2) is 5.03 Å². The summed E-state index contributed by atoms with van der Waals surface area (Å²) in [6.07, 6.45) is 2.05. The fraction of sp³-hybridized carbons (Fsp3) is 0.615. The van der Waals surface area contributed by atoms with E-state index < -0.39 is 10.0 Å². The maximum absolute atomic E-state index is 12.2. The summed E-state index contributed by atoms with van der Waals surface area (Å²) in [5, 5.41) is 3.01. The number of hydrogen-bond donors (Lipinski definition) is 2. The van der Waals surface area contributed by atoms with Crippen LogP contribution in [0.2, 0.25) is 0 Å². The predicted molar refractivity (Wildman–Crippen MR) is 80.9 cm³/mol. The first kappa shape index (κ1) is 17.8. The molecule has 8 heteroatoms. The molecule has 0 spiro atoms. The van der Waals surface area contributed by atoms with Crippen LogP contribution in [0.4, 0.5) is 5.69 Å². The number of ether oxygens (including phenoxy) is 2. The molecule has 7 nitrogen and oxygen atoms in total. The molecule has 0 amide bonds. The van der Waals surface area contributed by atoms with Gasteiger partial charge in [-0.1, -0.05) is 0 Å². The second kappa shape index (κ2) is 9.67. The van der Waals surface area contributed by atoms with Gasteiger partial charge in [0.1, 0.15) is 0 Å². The molecule has 1 aromatic heterocycles. The number of methoxy groups -OCH3 is 1. The van der Waals surface area contributed by atoms with Gasteiger partial charge in [-0.05, 0) is 25.5 Å². The van der Waals surface area contributed by atoms with Crippen molar-refractivity contribution in [3.63, 3.8) is 0 Å². The molecule has 1 aromatic rings. The Balaban J connectivity index is 2.46. The van der Waals surface area contributed by atoms with E-state index in [9.17, 15) is 8.42 Å². The third-order valence-corrected chi connectivity index (χ3v) is 4.00. The molecule has 0 fully saturated rings. The van der Waals surface area contributed by atoms with Crippen LogP contribution in [0.3, 0.4) is 0 Å². The van der Waals surface area contributed by atoms with Crippen LogP contribution in [0.15, 0.2) is 23.4 Å². The van der Waals surface area contributed by atoms with E-state index in [2.05, 4.69) is 15.0 Å². The van der Waals surface area contributed by atoms with Crippen molar-refractivity contribution in [3.05, 3.63) is 18.3 Å². The van der Waals surface area contributed by atoms with Crippen LogP contribution in [0, 0.1) is 0 Å². The molecule has 0 aromatic carbocycles. The highest BCUT2D eigenvalue weighted by atomic mass is 32.2. The van der Waals surface area contributed by atoms with E-state index in [4.69, 9.17) is 9.47 Å². The average Bonchev–Trinajstić information content (AvgIpc) is 2.47. The summed E-state index contributed by atoms with van der Waals surface area (Å²) in [7, 11) is -2.01. The smallest absolute Gasteiger partial charge is 0.260 e. The summed E-state index contributed by atoms with van der Waals surface area (Å²) in [4.78, 5) is 3.95. The zero-order chi connectivity index (χ0) is 15.6. The molecule has 0 unspecified atom stereocenters.